The van der Waals surface area contributed by atoms with Crippen molar-refractivity contribution in [2.75, 3.05) is 6.61 Å². The topological polar surface area (TPSA) is 93.7 Å². The van der Waals surface area contributed by atoms with Crippen LogP contribution in [0.25, 0.3) is 0 Å². The average Bonchev–Trinajstić information content (AvgIpc) is 3.65. The van der Waals surface area contributed by atoms with Crippen LogP contribution >= 0.6 is 22.7 Å². The van der Waals surface area contributed by atoms with Crippen LogP contribution in [0.15, 0.2) is 84.1 Å². The third kappa shape index (κ3) is 8.69. The SMILES string of the molecule is O=C(NCc1cncs1)OCCC(Cc1ccccc1)N(Cc1ccccc1)C(=O)OCc1cncs1. The summed E-state index contributed by atoms with van der Waals surface area (Å²) in [5.41, 5.74) is 5.49. The third-order valence-electron chi connectivity index (χ3n) is 5.58. The van der Waals surface area contributed by atoms with E-state index in [0.29, 0.717) is 25.9 Å². The van der Waals surface area contributed by atoms with Gasteiger partial charge in [0, 0.05) is 36.3 Å². The van der Waals surface area contributed by atoms with Crippen LogP contribution in [0.4, 0.5) is 9.59 Å². The van der Waals surface area contributed by atoms with Crippen LogP contribution < -0.4 is 5.32 Å². The molecule has 0 fully saturated rings. The molecule has 10 heteroatoms. The van der Waals surface area contributed by atoms with Crippen molar-refractivity contribution in [1.29, 1.82) is 0 Å². The monoisotopic (exact) mass is 536 g/mol. The van der Waals surface area contributed by atoms with Crippen molar-refractivity contribution in [3.05, 3.63) is 105 Å². The molecule has 0 aliphatic carbocycles. The fraction of sp³-hybridized carbons (Fsp3) is 0.259. The zero-order valence-electron chi connectivity index (χ0n) is 20.2. The van der Waals surface area contributed by atoms with Gasteiger partial charge in [-0.05, 0) is 17.5 Å². The lowest BCUT2D eigenvalue weighted by atomic mass is 10.0. The Balaban J connectivity index is 1.45. The standard InChI is InChI=1S/C27H28N4O4S2/c32-26(30-16-24-14-28-19-36-24)34-12-11-23(13-21-7-3-1-4-8-21)31(17-22-9-5-2-6-10-22)27(33)35-18-25-15-29-20-37-25/h1-10,14-15,19-20,23H,11-13,16-18H2,(H,30,32). The Morgan fingerprint density at radius 2 is 1.51 bits per heavy atom. The Labute approximate surface area is 223 Å². The molecular formula is C27H28N4O4S2. The lowest BCUT2D eigenvalue weighted by molar-refractivity contribution is 0.0686. The first-order valence-electron chi connectivity index (χ1n) is 11.8. The van der Waals surface area contributed by atoms with E-state index in [-0.39, 0.29) is 19.3 Å². The van der Waals surface area contributed by atoms with Gasteiger partial charge in [-0.1, -0.05) is 60.7 Å². The minimum atomic E-state index is -0.505. The maximum Gasteiger partial charge on any atom is 0.410 e. The summed E-state index contributed by atoms with van der Waals surface area (Å²) in [6, 6.07) is 19.5. The van der Waals surface area contributed by atoms with Crippen molar-refractivity contribution in [2.45, 2.75) is 38.6 Å². The highest BCUT2D eigenvalue weighted by Crippen LogP contribution is 2.19. The number of aromatic nitrogens is 2. The summed E-state index contributed by atoms with van der Waals surface area (Å²) in [5.74, 6) is 0. The third-order valence-corrected chi connectivity index (χ3v) is 7.11. The average molecular weight is 537 g/mol. The van der Waals surface area contributed by atoms with Crippen molar-refractivity contribution in [1.82, 2.24) is 20.2 Å². The second kappa shape index (κ2) is 14.1. The van der Waals surface area contributed by atoms with E-state index in [4.69, 9.17) is 9.47 Å². The highest BCUT2D eigenvalue weighted by Gasteiger charge is 2.26. The molecule has 192 valence electrons. The van der Waals surface area contributed by atoms with E-state index in [9.17, 15) is 9.59 Å². The van der Waals surface area contributed by atoms with Gasteiger partial charge in [0.15, 0.2) is 0 Å². The van der Waals surface area contributed by atoms with Crippen molar-refractivity contribution in [2.24, 2.45) is 0 Å². The van der Waals surface area contributed by atoms with E-state index in [0.717, 1.165) is 20.9 Å². The molecule has 8 nitrogen and oxygen atoms in total. The Bertz CT molecular complexity index is 1210. The second-order valence-electron chi connectivity index (χ2n) is 8.23. The van der Waals surface area contributed by atoms with Crippen molar-refractivity contribution in [3.63, 3.8) is 0 Å². The molecule has 0 aliphatic heterocycles. The van der Waals surface area contributed by atoms with Crippen molar-refractivity contribution in [3.8, 4) is 0 Å². The molecule has 1 unspecified atom stereocenters. The van der Waals surface area contributed by atoms with Gasteiger partial charge in [-0.15, -0.1) is 22.7 Å². The lowest BCUT2D eigenvalue weighted by Crippen LogP contribution is -2.42. The van der Waals surface area contributed by atoms with Crippen LogP contribution in [0.2, 0.25) is 0 Å². The number of thiazole rings is 2. The summed E-state index contributed by atoms with van der Waals surface area (Å²) in [7, 11) is 0. The maximum atomic E-state index is 13.4. The summed E-state index contributed by atoms with van der Waals surface area (Å²) in [5, 5.41) is 2.74. The van der Waals surface area contributed by atoms with Gasteiger partial charge in [0.2, 0.25) is 0 Å². The maximum absolute atomic E-state index is 13.4. The number of benzene rings is 2. The predicted molar refractivity (Wildman–Crippen MR) is 143 cm³/mol. The summed E-state index contributed by atoms with van der Waals surface area (Å²) in [4.78, 5) is 37.2. The minimum absolute atomic E-state index is 0.152. The molecule has 0 radical (unpaired) electrons. The summed E-state index contributed by atoms with van der Waals surface area (Å²) in [6.07, 6.45) is 3.52. The Morgan fingerprint density at radius 3 is 2.16 bits per heavy atom. The lowest BCUT2D eigenvalue weighted by Gasteiger charge is -2.31. The smallest absolute Gasteiger partial charge is 0.410 e. The van der Waals surface area contributed by atoms with Gasteiger partial charge in [-0.3, -0.25) is 9.97 Å². The molecule has 4 rings (SSSR count). The van der Waals surface area contributed by atoms with Crippen molar-refractivity contribution >= 4 is 34.9 Å². The van der Waals surface area contributed by atoms with Crippen LogP contribution in [0.5, 0.6) is 0 Å². The first-order valence-corrected chi connectivity index (χ1v) is 13.6. The minimum Gasteiger partial charge on any atom is -0.449 e. The van der Waals surface area contributed by atoms with Crippen molar-refractivity contribution < 1.29 is 19.1 Å². The van der Waals surface area contributed by atoms with E-state index in [2.05, 4.69) is 15.3 Å². The van der Waals surface area contributed by atoms with Crippen LogP contribution in [-0.4, -0.2) is 39.7 Å². The quantitative estimate of drug-likeness (QED) is 0.251. The van der Waals surface area contributed by atoms with Gasteiger partial charge < -0.3 is 19.7 Å². The van der Waals surface area contributed by atoms with E-state index in [1.807, 2.05) is 60.7 Å². The molecule has 0 saturated heterocycles. The number of amides is 2. The molecular weight excluding hydrogens is 508 g/mol. The number of rotatable bonds is 12. The van der Waals surface area contributed by atoms with Gasteiger partial charge in [-0.2, -0.15) is 0 Å². The molecule has 0 aliphatic rings. The largest absolute Gasteiger partial charge is 0.449 e. The van der Waals surface area contributed by atoms with E-state index < -0.39 is 12.2 Å². The number of nitrogens with zero attached hydrogens (tertiary/aromatic N) is 3. The first-order chi connectivity index (χ1) is 18.2. The molecule has 0 saturated carbocycles. The summed E-state index contributed by atoms with van der Waals surface area (Å²) >= 11 is 2.90. The number of carbonyl (C=O) groups excluding carboxylic acids is 2. The number of hydrogen-bond donors (Lipinski definition) is 1. The predicted octanol–water partition coefficient (Wildman–Crippen LogP) is 5.67. The van der Waals surface area contributed by atoms with Crippen LogP contribution in [-0.2, 0) is 35.6 Å². The van der Waals surface area contributed by atoms with Crippen LogP contribution in [0.1, 0.15) is 27.3 Å². The summed E-state index contributed by atoms with van der Waals surface area (Å²) < 4.78 is 11.1. The number of ether oxygens (including phenoxy) is 2. The normalized spacial score (nSPS) is 11.5. The second-order valence-corrected chi connectivity index (χ2v) is 10.2. The van der Waals surface area contributed by atoms with E-state index in [1.54, 1.807) is 28.3 Å². The van der Waals surface area contributed by atoms with Gasteiger partial charge in [0.05, 0.1) is 29.0 Å². The number of hydrogen-bond acceptors (Lipinski definition) is 8. The summed E-state index contributed by atoms with van der Waals surface area (Å²) in [6.45, 7) is 1.04. The van der Waals surface area contributed by atoms with Gasteiger partial charge in [0.1, 0.15) is 6.61 Å². The first kappa shape index (κ1) is 26.3. The van der Waals surface area contributed by atoms with Gasteiger partial charge in [-0.25, -0.2) is 9.59 Å². The van der Waals surface area contributed by atoms with E-state index >= 15 is 0 Å². The fourth-order valence-corrected chi connectivity index (χ4v) is 4.77. The van der Waals surface area contributed by atoms with Gasteiger partial charge in [0.25, 0.3) is 0 Å². The molecule has 2 aromatic heterocycles. The van der Waals surface area contributed by atoms with Crippen LogP contribution in [0, 0.1) is 0 Å². The Kier molecular flexibility index (Phi) is 10.0. The number of carbonyl (C=O) groups is 2. The zero-order chi connectivity index (χ0) is 25.7. The molecule has 2 aromatic carbocycles. The molecule has 2 heterocycles. The molecule has 4 aromatic rings. The van der Waals surface area contributed by atoms with Gasteiger partial charge >= 0.3 is 12.2 Å². The molecule has 0 spiro atoms. The Morgan fingerprint density at radius 1 is 0.865 bits per heavy atom. The number of nitrogens with one attached hydrogen (secondary N) is 1. The fourth-order valence-electron chi connectivity index (χ4n) is 3.73. The zero-order valence-corrected chi connectivity index (χ0v) is 21.8. The highest BCUT2D eigenvalue weighted by molar-refractivity contribution is 7.09. The highest BCUT2D eigenvalue weighted by atomic mass is 32.1. The van der Waals surface area contributed by atoms with E-state index in [1.165, 1.54) is 22.7 Å². The molecule has 2 amide bonds. The Hall–Kier alpha value is -3.76. The molecule has 1 N–H and O–H groups in total. The molecule has 0 bridgehead atoms. The number of alkyl carbamates (subject to hydrolysis) is 1. The van der Waals surface area contributed by atoms with Crippen LogP contribution in [0.3, 0.4) is 0 Å². The molecule has 1 atom stereocenters. The molecule has 37 heavy (non-hydrogen) atoms.